The second kappa shape index (κ2) is 9.52. The molecule has 0 amide bonds. The number of esters is 1. The SMILES string of the molecule is COC(=O)c1c(NC(=S)NCCn2cc(Cl)cn2)sc2c1CCCCCC2. The minimum Gasteiger partial charge on any atom is -0.465 e. The van der Waals surface area contributed by atoms with Gasteiger partial charge in [0, 0.05) is 17.6 Å². The van der Waals surface area contributed by atoms with Crippen LogP contribution in [-0.2, 0) is 24.1 Å². The summed E-state index contributed by atoms with van der Waals surface area (Å²) in [6.45, 7) is 1.24. The van der Waals surface area contributed by atoms with Gasteiger partial charge in [-0.2, -0.15) is 5.10 Å². The van der Waals surface area contributed by atoms with Crippen LogP contribution >= 0.6 is 35.2 Å². The number of rotatable bonds is 5. The van der Waals surface area contributed by atoms with E-state index in [1.165, 1.54) is 24.8 Å². The number of nitrogens with one attached hydrogen (secondary N) is 2. The van der Waals surface area contributed by atoms with Crippen LogP contribution in [0.5, 0.6) is 0 Å². The van der Waals surface area contributed by atoms with Crippen molar-refractivity contribution in [1.29, 1.82) is 0 Å². The van der Waals surface area contributed by atoms with E-state index < -0.39 is 0 Å². The standard InChI is InChI=1S/C18H23ClN4O2S2/c1-25-17(24)15-13-6-4-2-3-5-7-14(13)27-16(15)22-18(26)20-8-9-23-11-12(19)10-21-23/h10-11H,2-9H2,1H3,(H2,20,22,26). The second-order valence-electron chi connectivity index (χ2n) is 6.42. The zero-order chi connectivity index (χ0) is 19.2. The van der Waals surface area contributed by atoms with Gasteiger partial charge in [-0.3, -0.25) is 4.68 Å². The van der Waals surface area contributed by atoms with Crippen molar-refractivity contribution in [2.75, 3.05) is 19.0 Å². The molecule has 0 aromatic carbocycles. The molecule has 146 valence electrons. The Bertz CT molecular complexity index is 818. The van der Waals surface area contributed by atoms with Crippen molar-refractivity contribution in [3.63, 3.8) is 0 Å². The van der Waals surface area contributed by atoms with E-state index in [1.807, 2.05) is 0 Å². The molecule has 0 bridgehead atoms. The number of nitrogens with zero attached hydrogens (tertiary/aromatic N) is 2. The van der Waals surface area contributed by atoms with E-state index in [0.717, 1.165) is 36.2 Å². The largest absolute Gasteiger partial charge is 0.465 e. The fraction of sp³-hybridized carbons (Fsp3) is 0.500. The number of carbonyl (C=O) groups excluding carboxylic acids is 1. The van der Waals surface area contributed by atoms with Crippen LogP contribution in [0.15, 0.2) is 12.4 Å². The quantitative estimate of drug-likeness (QED) is 0.555. The first kappa shape index (κ1) is 20.1. The second-order valence-corrected chi connectivity index (χ2v) is 8.37. The average molecular weight is 427 g/mol. The molecule has 2 aromatic heterocycles. The number of thiophene rings is 1. The summed E-state index contributed by atoms with van der Waals surface area (Å²) in [5, 5.41) is 12.3. The maximum absolute atomic E-state index is 12.4. The summed E-state index contributed by atoms with van der Waals surface area (Å²) in [5.41, 5.74) is 1.77. The van der Waals surface area contributed by atoms with Crippen molar-refractivity contribution in [3.8, 4) is 0 Å². The molecular formula is C18H23ClN4O2S2. The molecule has 2 N–H and O–H groups in total. The molecule has 3 rings (SSSR count). The smallest absolute Gasteiger partial charge is 0.341 e. The van der Waals surface area contributed by atoms with Crippen LogP contribution < -0.4 is 10.6 Å². The molecule has 0 unspecified atom stereocenters. The highest BCUT2D eigenvalue weighted by molar-refractivity contribution is 7.80. The van der Waals surface area contributed by atoms with Gasteiger partial charge < -0.3 is 15.4 Å². The van der Waals surface area contributed by atoms with Crippen molar-refractivity contribution in [1.82, 2.24) is 15.1 Å². The van der Waals surface area contributed by atoms with Crippen molar-refractivity contribution < 1.29 is 9.53 Å². The van der Waals surface area contributed by atoms with Crippen molar-refractivity contribution >= 4 is 51.2 Å². The van der Waals surface area contributed by atoms with E-state index in [4.69, 9.17) is 28.6 Å². The number of fused-ring (bicyclic) bond motifs is 1. The van der Waals surface area contributed by atoms with Gasteiger partial charge in [0.25, 0.3) is 0 Å². The number of aryl methyl sites for hydroxylation is 1. The van der Waals surface area contributed by atoms with E-state index in [1.54, 1.807) is 28.4 Å². The number of hydrogen-bond acceptors (Lipinski definition) is 5. The molecular weight excluding hydrogens is 404 g/mol. The van der Waals surface area contributed by atoms with E-state index in [9.17, 15) is 4.79 Å². The zero-order valence-electron chi connectivity index (χ0n) is 15.2. The first-order chi connectivity index (χ1) is 13.1. The Morgan fingerprint density at radius 3 is 2.85 bits per heavy atom. The maximum Gasteiger partial charge on any atom is 0.341 e. The summed E-state index contributed by atoms with van der Waals surface area (Å²) >= 11 is 12.9. The Labute approximate surface area is 173 Å². The molecule has 0 atom stereocenters. The van der Waals surface area contributed by atoms with E-state index in [-0.39, 0.29) is 5.97 Å². The fourth-order valence-corrected chi connectivity index (χ4v) is 4.92. The Morgan fingerprint density at radius 2 is 2.15 bits per heavy atom. The number of methoxy groups -OCH3 is 1. The first-order valence-electron chi connectivity index (χ1n) is 9.04. The number of thiocarbonyl (C=S) groups is 1. The molecule has 0 saturated carbocycles. The molecule has 9 heteroatoms. The van der Waals surface area contributed by atoms with Crippen molar-refractivity contribution in [2.24, 2.45) is 0 Å². The molecule has 1 aliphatic carbocycles. The van der Waals surface area contributed by atoms with Gasteiger partial charge >= 0.3 is 5.97 Å². The van der Waals surface area contributed by atoms with Crippen LogP contribution in [0.2, 0.25) is 5.02 Å². The minimum absolute atomic E-state index is 0.301. The van der Waals surface area contributed by atoms with Gasteiger partial charge in [-0.05, 0) is 43.5 Å². The summed E-state index contributed by atoms with van der Waals surface area (Å²) in [6.07, 6.45) is 9.98. The predicted octanol–water partition coefficient (Wildman–Crippen LogP) is 4.03. The molecule has 2 heterocycles. The van der Waals surface area contributed by atoms with E-state index in [0.29, 0.717) is 28.8 Å². The Kier molecular flexibility index (Phi) is 7.09. The van der Waals surface area contributed by atoms with Gasteiger partial charge in [0.2, 0.25) is 0 Å². The van der Waals surface area contributed by atoms with Gasteiger partial charge in [-0.15, -0.1) is 11.3 Å². The molecule has 0 spiro atoms. The lowest BCUT2D eigenvalue weighted by molar-refractivity contribution is 0.0601. The molecule has 0 fully saturated rings. The molecule has 0 saturated heterocycles. The van der Waals surface area contributed by atoms with Gasteiger partial charge in [-0.1, -0.05) is 24.4 Å². The van der Waals surface area contributed by atoms with E-state index >= 15 is 0 Å². The lowest BCUT2D eigenvalue weighted by Crippen LogP contribution is -2.31. The summed E-state index contributed by atoms with van der Waals surface area (Å²) in [5.74, 6) is -0.301. The Balaban J connectivity index is 1.68. The number of anilines is 1. The predicted molar refractivity (Wildman–Crippen MR) is 113 cm³/mol. The maximum atomic E-state index is 12.4. The third-order valence-electron chi connectivity index (χ3n) is 4.52. The van der Waals surface area contributed by atoms with Gasteiger partial charge in [0.15, 0.2) is 5.11 Å². The third-order valence-corrected chi connectivity index (χ3v) is 6.16. The molecule has 0 radical (unpaired) electrons. The fourth-order valence-electron chi connectivity index (χ4n) is 3.22. The van der Waals surface area contributed by atoms with Crippen LogP contribution in [0, 0.1) is 0 Å². The number of carbonyl (C=O) groups is 1. The van der Waals surface area contributed by atoms with Crippen LogP contribution in [-0.4, -0.2) is 34.5 Å². The monoisotopic (exact) mass is 426 g/mol. The number of hydrogen-bond donors (Lipinski definition) is 2. The van der Waals surface area contributed by atoms with Crippen molar-refractivity contribution in [3.05, 3.63) is 33.4 Å². The van der Waals surface area contributed by atoms with Crippen molar-refractivity contribution in [2.45, 2.75) is 45.1 Å². The van der Waals surface area contributed by atoms with Crippen LogP contribution in [0.4, 0.5) is 5.00 Å². The molecule has 1 aliphatic rings. The van der Waals surface area contributed by atoms with Crippen LogP contribution in [0.1, 0.15) is 46.5 Å². The third kappa shape index (κ3) is 5.21. The summed E-state index contributed by atoms with van der Waals surface area (Å²) in [4.78, 5) is 13.7. The van der Waals surface area contributed by atoms with Gasteiger partial charge in [0.05, 0.1) is 30.4 Å². The zero-order valence-corrected chi connectivity index (χ0v) is 17.6. The van der Waals surface area contributed by atoms with E-state index in [2.05, 4.69) is 15.7 Å². The molecule has 0 aliphatic heterocycles. The lowest BCUT2D eigenvalue weighted by Gasteiger charge is -2.12. The molecule has 2 aromatic rings. The molecule has 6 nitrogen and oxygen atoms in total. The van der Waals surface area contributed by atoms with Gasteiger partial charge in [0.1, 0.15) is 5.00 Å². The average Bonchev–Trinajstić information content (AvgIpc) is 3.17. The van der Waals surface area contributed by atoms with Crippen LogP contribution in [0.3, 0.4) is 0 Å². The van der Waals surface area contributed by atoms with Crippen LogP contribution in [0.25, 0.3) is 0 Å². The first-order valence-corrected chi connectivity index (χ1v) is 10.6. The van der Waals surface area contributed by atoms with Gasteiger partial charge in [-0.25, -0.2) is 4.79 Å². The summed E-state index contributed by atoms with van der Waals surface area (Å²) in [6, 6.07) is 0. The Morgan fingerprint density at radius 1 is 1.37 bits per heavy atom. The highest BCUT2D eigenvalue weighted by atomic mass is 35.5. The Hall–Kier alpha value is -1.64. The lowest BCUT2D eigenvalue weighted by atomic mass is 9.96. The topological polar surface area (TPSA) is 68.2 Å². The minimum atomic E-state index is -0.301. The summed E-state index contributed by atoms with van der Waals surface area (Å²) in [7, 11) is 1.42. The number of aromatic nitrogens is 2. The molecule has 27 heavy (non-hydrogen) atoms. The number of ether oxygens (including phenoxy) is 1. The number of halogens is 1. The highest BCUT2D eigenvalue weighted by Gasteiger charge is 2.25. The highest BCUT2D eigenvalue weighted by Crippen LogP contribution is 2.37. The normalized spacial score (nSPS) is 14.0. The summed E-state index contributed by atoms with van der Waals surface area (Å²) < 4.78 is 6.78.